The quantitative estimate of drug-likeness (QED) is 0.465. The molecular weight excluding hydrogens is 156 g/mol. The van der Waals surface area contributed by atoms with Crippen molar-refractivity contribution in [1.82, 2.24) is 0 Å². The van der Waals surface area contributed by atoms with Gasteiger partial charge in [0.1, 0.15) is 0 Å². The van der Waals surface area contributed by atoms with Gasteiger partial charge in [-0.15, -0.1) is 6.58 Å². The molecule has 1 aliphatic heterocycles. The zero-order valence-corrected chi connectivity index (χ0v) is 7.95. The molecule has 1 fully saturated rings. The lowest BCUT2D eigenvalue weighted by Gasteiger charge is -2.40. The lowest BCUT2D eigenvalue weighted by atomic mass is 9.90. The van der Waals surface area contributed by atoms with Crippen molar-refractivity contribution in [2.24, 2.45) is 5.41 Å². The Hall–Kier alpha value is 0.0500. The Labute approximate surface area is 73.2 Å². The smallest absolute Gasteiger partial charge is 0.0645 e. The number of hydrogen-bond donors (Lipinski definition) is 0. The molecule has 64 valence electrons. The standard InChI is InChI=1S/C9H16OS/c1-3-5-10-6-9(4-2)7-11-8-9/h3H,1,4-8H2,2H3. The summed E-state index contributed by atoms with van der Waals surface area (Å²) < 4.78 is 5.45. The molecule has 1 rings (SSSR count). The molecule has 0 aliphatic carbocycles. The maximum Gasteiger partial charge on any atom is 0.0645 e. The summed E-state index contributed by atoms with van der Waals surface area (Å²) in [5.74, 6) is 2.56. The predicted molar refractivity (Wildman–Crippen MR) is 51.1 cm³/mol. The number of hydrogen-bond acceptors (Lipinski definition) is 2. The van der Waals surface area contributed by atoms with Crippen LogP contribution in [0.3, 0.4) is 0 Å². The predicted octanol–water partition coefficient (Wildman–Crippen LogP) is 2.33. The summed E-state index contributed by atoms with van der Waals surface area (Å²) in [4.78, 5) is 0. The third-order valence-corrected chi connectivity index (χ3v) is 3.84. The second-order valence-corrected chi connectivity index (χ2v) is 4.14. The van der Waals surface area contributed by atoms with Gasteiger partial charge in [0, 0.05) is 16.9 Å². The summed E-state index contributed by atoms with van der Waals surface area (Å²) in [7, 11) is 0. The van der Waals surface area contributed by atoms with Crippen LogP contribution in [0.4, 0.5) is 0 Å². The van der Waals surface area contributed by atoms with E-state index in [1.54, 1.807) is 0 Å². The van der Waals surface area contributed by atoms with Crippen LogP contribution in [0.15, 0.2) is 12.7 Å². The van der Waals surface area contributed by atoms with Crippen molar-refractivity contribution in [3.05, 3.63) is 12.7 Å². The first kappa shape index (κ1) is 9.14. The van der Waals surface area contributed by atoms with Crippen LogP contribution in [0.25, 0.3) is 0 Å². The highest BCUT2D eigenvalue weighted by atomic mass is 32.2. The first-order valence-electron chi connectivity index (χ1n) is 4.09. The normalized spacial score (nSPS) is 20.8. The van der Waals surface area contributed by atoms with Gasteiger partial charge in [-0.25, -0.2) is 0 Å². The summed E-state index contributed by atoms with van der Waals surface area (Å²) in [5, 5.41) is 0. The van der Waals surface area contributed by atoms with E-state index in [-0.39, 0.29) is 0 Å². The van der Waals surface area contributed by atoms with Gasteiger partial charge in [0.05, 0.1) is 13.2 Å². The van der Waals surface area contributed by atoms with Gasteiger partial charge in [0.25, 0.3) is 0 Å². The van der Waals surface area contributed by atoms with Crippen molar-refractivity contribution in [3.63, 3.8) is 0 Å². The molecule has 0 aromatic heterocycles. The Kier molecular flexibility index (Phi) is 3.46. The molecule has 0 atom stereocenters. The molecule has 0 aromatic carbocycles. The lowest BCUT2D eigenvalue weighted by molar-refractivity contribution is 0.0777. The molecule has 0 aromatic rings. The van der Waals surface area contributed by atoms with Crippen molar-refractivity contribution in [3.8, 4) is 0 Å². The Morgan fingerprint density at radius 3 is 2.73 bits per heavy atom. The molecule has 0 radical (unpaired) electrons. The van der Waals surface area contributed by atoms with Gasteiger partial charge in [-0.1, -0.05) is 13.0 Å². The lowest BCUT2D eigenvalue weighted by Crippen LogP contribution is -2.39. The van der Waals surface area contributed by atoms with Crippen LogP contribution < -0.4 is 0 Å². The van der Waals surface area contributed by atoms with E-state index in [2.05, 4.69) is 13.5 Å². The van der Waals surface area contributed by atoms with Gasteiger partial charge in [-0.05, 0) is 6.42 Å². The summed E-state index contributed by atoms with van der Waals surface area (Å²) in [5.41, 5.74) is 0.508. The summed E-state index contributed by atoms with van der Waals surface area (Å²) >= 11 is 2.02. The summed E-state index contributed by atoms with van der Waals surface area (Å²) in [6.07, 6.45) is 3.06. The minimum Gasteiger partial charge on any atom is -0.377 e. The van der Waals surface area contributed by atoms with Gasteiger partial charge in [0.15, 0.2) is 0 Å². The minimum absolute atomic E-state index is 0.508. The molecule has 1 saturated heterocycles. The monoisotopic (exact) mass is 172 g/mol. The molecule has 1 aliphatic rings. The zero-order valence-electron chi connectivity index (χ0n) is 7.14. The fourth-order valence-electron chi connectivity index (χ4n) is 1.14. The van der Waals surface area contributed by atoms with E-state index in [1.807, 2.05) is 17.8 Å². The molecule has 11 heavy (non-hydrogen) atoms. The van der Waals surface area contributed by atoms with Gasteiger partial charge >= 0.3 is 0 Å². The Morgan fingerprint density at radius 1 is 1.64 bits per heavy atom. The van der Waals surface area contributed by atoms with E-state index >= 15 is 0 Å². The second-order valence-electron chi connectivity index (χ2n) is 3.15. The van der Waals surface area contributed by atoms with E-state index in [0.29, 0.717) is 12.0 Å². The summed E-state index contributed by atoms with van der Waals surface area (Å²) in [6, 6.07) is 0. The fraction of sp³-hybridized carbons (Fsp3) is 0.778. The minimum atomic E-state index is 0.508. The van der Waals surface area contributed by atoms with Gasteiger partial charge in [-0.2, -0.15) is 11.8 Å². The van der Waals surface area contributed by atoms with Crippen LogP contribution in [-0.4, -0.2) is 24.7 Å². The van der Waals surface area contributed by atoms with Crippen LogP contribution in [-0.2, 0) is 4.74 Å². The SMILES string of the molecule is C=CCOCC1(CC)CSC1. The highest BCUT2D eigenvalue weighted by molar-refractivity contribution is 8.00. The highest BCUT2D eigenvalue weighted by Crippen LogP contribution is 2.40. The molecule has 1 nitrogen and oxygen atoms in total. The average molecular weight is 172 g/mol. The van der Waals surface area contributed by atoms with Crippen LogP contribution in [0.2, 0.25) is 0 Å². The Bertz CT molecular complexity index is 124. The van der Waals surface area contributed by atoms with Gasteiger partial charge < -0.3 is 4.74 Å². The van der Waals surface area contributed by atoms with Crippen LogP contribution in [0.1, 0.15) is 13.3 Å². The van der Waals surface area contributed by atoms with Gasteiger partial charge in [0.2, 0.25) is 0 Å². The molecular formula is C9H16OS. The van der Waals surface area contributed by atoms with Crippen molar-refractivity contribution < 1.29 is 4.74 Å². The van der Waals surface area contributed by atoms with Crippen LogP contribution in [0.5, 0.6) is 0 Å². The molecule has 2 heteroatoms. The maximum absolute atomic E-state index is 5.45. The van der Waals surface area contributed by atoms with Crippen LogP contribution in [0, 0.1) is 5.41 Å². The van der Waals surface area contributed by atoms with Crippen molar-refractivity contribution in [1.29, 1.82) is 0 Å². The van der Waals surface area contributed by atoms with Crippen LogP contribution >= 0.6 is 11.8 Å². The molecule has 1 heterocycles. The van der Waals surface area contributed by atoms with Crippen molar-refractivity contribution in [2.75, 3.05) is 24.7 Å². The number of thioether (sulfide) groups is 1. The first-order valence-corrected chi connectivity index (χ1v) is 5.25. The van der Waals surface area contributed by atoms with E-state index < -0.39 is 0 Å². The number of rotatable bonds is 5. The molecule has 0 amide bonds. The number of ether oxygens (including phenoxy) is 1. The molecule has 0 bridgehead atoms. The largest absolute Gasteiger partial charge is 0.377 e. The Morgan fingerprint density at radius 2 is 2.36 bits per heavy atom. The molecule has 0 N–H and O–H groups in total. The van der Waals surface area contributed by atoms with E-state index in [4.69, 9.17) is 4.74 Å². The van der Waals surface area contributed by atoms with Crippen molar-refractivity contribution >= 4 is 11.8 Å². The topological polar surface area (TPSA) is 9.23 Å². The molecule has 0 unspecified atom stereocenters. The third kappa shape index (κ3) is 2.24. The first-order chi connectivity index (χ1) is 5.33. The zero-order chi connectivity index (χ0) is 8.16. The van der Waals surface area contributed by atoms with E-state index in [9.17, 15) is 0 Å². The van der Waals surface area contributed by atoms with Gasteiger partial charge in [-0.3, -0.25) is 0 Å². The Balaban J connectivity index is 2.16. The molecule has 0 spiro atoms. The average Bonchev–Trinajstić information content (AvgIpc) is 1.95. The second kappa shape index (κ2) is 4.17. The van der Waals surface area contributed by atoms with Crippen molar-refractivity contribution in [2.45, 2.75) is 13.3 Å². The van der Waals surface area contributed by atoms with E-state index in [0.717, 1.165) is 6.61 Å². The summed E-state index contributed by atoms with van der Waals surface area (Å²) in [6.45, 7) is 7.49. The molecule has 0 saturated carbocycles. The fourth-order valence-corrected chi connectivity index (χ4v) is 2.50. The maximum atomic E-state index is 5.45. The third-order valence-electron chi connectivity index (χ3n) is 2.21. The highest BCUT2D eigenvalue weighted by Gasteiger charge is 2.35. The van der Waals surface area contributed by atoms with E-state index in [1.165, 1.54) is 17.9 Å².